The van der Waals surface area contributed by atoms with E-state index in [0.29, 0.717) is 28.6 Å². The molecule has 0 aliphatic heterocycles. The van der Waals surface area contributed by atoms with Crippen molar-refractivity contribution in [3.8, 4) is 5.75 Å². The van der Waals surface area contributed by atoms with Gasteiger partial charge in [0.2, 0.25) is 0 Å². The molecular weight excluding hydrogens is 354 g/mol. The van der Waals surface area contributed by atoms with Crippen LogP contribution < -0.4 is 10.1 Å². The van der Waals surface area contributed by atoms with Crippen LogP contribution in [0.25, 0.3) is 0 Å². The van der Waals surface area contributed by atoms with E-state index >= 15 is 0 Å². The first kappa shape index (κ1) is 19.8. The maximum Gasteiger partial charge on any atom is 0.347 e. The van der Waals surface area contributed by atoms with Crippen molar-refractivity contribution in [2.24, 2.45) is 0 Å². The summed E-state index contributed by atoms with van der Waals surface area (Å²) in [6.45, 7) is 5.76. The Balaban J connectivity index is 1.99. The van der Waals surface area contributed by atoms with Crippen molar-refractivity contribution in [3.05, 3.63) is 58.6 Å². The molecule has 0 aliphatic rings. The van der Waals surface area contributed by atoms with E-state index in [1.807, 2.05) is 13.8 Å². The van der Waals surface area contributed by atoms with E-state index in [1.54, 1.807) is 49.4 Å². The summed E-state index contributed by atoms with van der Waals surface area (Å²) < 4.78 is 10.6. The summed E-state index contributed by atoms with van der Waals surface area (Å²) in [6.07, 6.45) is 0.0457. The van der Waals surface area contributed by atoms with Gasteiger partial charge in [-0.05, 0) is 62.2 Å². The lowest BCUT2D eigenvalue weighted by Crippen LogP contribution is -2.26. The molecule has 0 aliphatic carbocycles. The van der Waals surface area contributed by atoms with Gasteiger partial charge in [-0.25, -0.2) is 4.79 Å². The highest BCUT2D eigenvalue weighted by atomic mass is 35.5. The zero-order chi connectivity index (χ0) is 19.1. The largest absolute Gasteiger partial charge is 0.479 e. The molecule has 5 nitrogen and oxygen atoms in total. The number of carbonyl (C=O) groups excluding carboxylic acids is 2. The lowest BCUT2D eigenvalue weighted by Gasteiger charge is -2.14. The third kappa shape index (κ3) is 5.23. The van der Waals surface area contributed by atoms with E-state index in [4.69, 9.17) is 21.1 Å². The number of carbonyl (C=O) groups is 2. The Bertz CT molecular complexity index is 774. The molecule has 0 saturated heterocycles. The first-order chi connectivity index (χ1) is 12.4. The average Bonchev–Trinajstić information content (AvgIpc) is 2.64. The number of ether oxygens (including phenoxy) is 2. The van der Waals surface area contributed by atoms with E-state index in [0.717, 1.165) is 12.0 Å². The quantitative estimate of drug-likeness (QED) is 0.717. The number of benzene rings is 2. The molecule has 2 rings (SSSR count). The lowest BCUT2D eigenvalue weighted by atomic mass is 10.1. The van der Waals surface area contributed by atoms with Crippen molar-refractivity contribution in [2.45, 2.75) is 33.3 Å². The summed E-state index contributed by atoms with van der Waals surface area (Å²) in [5.41, 5.74) is 1.94. The highest BCUT2D eigenvalue weighted by Crippen LogP contribution is 2.23. The lowest BCUT2D eigenvalue weighted by molar-refractivity contribution is -0.151. The predicted octanol–water partition coefficient (Wildman–Crippen LogP) is 4.62. The minimum absolute atomic E-state index is 0.252. The highest BCUT2D eigenvalue weighted by molar-refractivity contribution is 6.31. The summed E-state index contributed by atoms with van der Waals surface area (Å²) in [4.78, 5) is 24.1. The highest BCUT2D eigenvalue weighted by Gasteiger charge is 2.16. The molecule has 0 unspecified atom stereocenters. The average molecular weight is 376 g/mol. The van der Waals surface area contributed by atoms with Crippen LogP contribution >= 0.6 is 11.6 Å². The minimum Gasteiger partial charge on any atom is -0.479 e. The molecule has 0 radical (unpaired) electrons. The van der Waals surface area contributed by atoms with Gasteiger partial charge in [0, 0.05) is 16.3 Å². The molecule has 0 fully saturated rings. The van der Waals surface area contributed by atoms with Gasteiger partial charge >= 0.3 is 5.97 Å². The number of amides is 1. The Morgan fingerprint density at radius 3 is 2.50 bits per heavy atom. The molecule has 0 heterocycles. The molecular formula is C20H22ClNO4. The smallest absolute Gasteiger partial charge is 0.347 e. The van der Waals surface area contributed by atoms with E-state index in [9.17, 15) is 9.59 Å². The summed E-state index contributed by atoms with van der Waals surface area (Å²) in [5.74, 6) is -0.177. The summed E-state index contributed by atoms with van der Waals surface area (Å²) in [5, 5.41) is 3.42. The molecule has 1 N–H and O–H groups in total. The molecule has 2 aromatic rings. The maximum absolute atomic E-state index is 12.4. The summed E-state index contributed by atoms with van der Waals surface area (Å²) >= 11 is 6.06. The van der Waals surface area contributed by atoms with Gasteiger partial charge in [0.15, 0.2) is 6.10 Å². The Labute approximate surface area is 158 Å². The minimum atomic E-state index is -0.713. The Kier molecular flexibility index (Phi) is 7.04. The SMILES string of the molecule is CCCOC(=O)[C@H](C)Oc1ccc(C(=O)Nc2cccc(Cl)c2C)cc1. The van der Waals surface area contributed by atoms with Gasteiger partial charge in [-0.15, -0.1) is 0 Å². The fraction of sp³-hybridized carbons (Fsp3) is 0.300. The van der Waals surface area contributed by atoms with Crippen molar-refractivity contribution in [1.82, 2.24) is 0 Å². The van der Waals surface area contributed by atoms with Gasteiger partial charge in [-0.1, -0.05) is 24.6 Å². The number of esters is 1. The van der Waals surface area contributed by atoms with Crippen LogP contribution in [0.4, 0.5) is 5.69 Å². The standard InChI is InChI=1S/C20H22ClNO4/c1-4-12-25-20(24)14(3)26-16-10-8-15(9-11-16)19(23)22-18-7-5-6-17(21)13(18)2/h5-11,14H,4,12H2,1-3H3,(H,22,23)/t14-/m0/s1. The second kappa shape index (κ2) is 9.25. The first-order valence-corrected chi connectivity index (χ1v) is 8.80. The number of nitrogens with one attached hydrogen (secondary N) is 1. The van der Waals surface area contributed by atoms with E-state index in [-0.39, 0.29) is 5.91 Å². The molecule has 1 amide bonds. The van der Waals surface area contributed by atoms with Crippen molar-refractivity contribution < 1.29 is 19.1 Å². The number of anilines is 1. The van der Waals surface area contributed by atoms with Crippen molar-refractivity contribution in [3.63, 3.8) is 0 Å². The molecule has 138 valence electrons. The van der Waals surface area contributed by atoms with Gasteiger partial charge in [-0.2, -0.15) is 0 Å². The fourth-order valence-electron chi connectivity index (χ4n) is 2.19. The topological polar surface area (TPSA) is 64.6 Å². The Hall–Kier alpha value is -2.53. The summed E-state index contributed by atoms with van der Waals surface area (Å²) in [7, 11) is 0. The Morgan fingerprint density at radius 1 is 1.15 bits per heavy atom. The first-order valence-electron chi connectivity index (χ1n) is 8.42. The van der Waals surface area contributed by atoms with Crippen molar-refractivity contribution in [1.29, 1.82) is 0 Å². The number of rotatable bonds is 7. The van der Waals surface area contributed by atoms with Gasteiger partial charge in [0.05, 0.1) is 6.61 Å². The van der Waals surface area contributed by atoms with E-state index < -0.39 is 12.1 Å². The van der Waals surface area contributed by atoms with E-state index in [1.165, 1.54) is 0 Å². The van der Waals surface area contributed by atoms with Gasteiger partial charge in [-0.3, -0.25) is 4.79 Å². The van der Waals surface area contributed by atoms with Crippen LogP contribution in [-0.2, 0) is 9.53 Å². The van der Waals surface area contributed by atoms with Crippen LogP contribution in [0.1, 0.15) is 36.2 Å². The fourth-order valence-corrected chi connectivity index (χ4v) is 2.37. The van der Waals surface area contributed by atoms with E-state index in [2.05, 4.69) is 5.32 Å². The third-order valence-corrected chi connectivity index (χ3v) is 4.14. The molecule has 2 aromatic carbocycles. The monoisotopic (exact) mass is 375 g/mol. The molecule has 0 bridgehead atoms. The number of hydrogen-bond acceptors (Lipinski definition) is 4. The molecule has 6 heteroatoms. The van der Waals surface area contributed by atoms with Gasteiger partial charge < -0.3 is 14.8 Å². The molecule has 0 spiro atoms. The second-order valence-electron chi connectivity index (χ2n) is 5.82. The van der Waals surface area contributed by atoms with Crippen LogP contribution in [0, 0.1) is 6.92 Å². The van der Waals surface area contributed by atoms with Crippen LogP contribution in [0.2, 0.25) is 5.02 Å². The molecule has 0 aromatic heterocycles. The van der Waals surface area contributed by atoms with Crippen molar-refractivity contribution in [2.75, 3.05) is 11.9 Å². The normalized spacial score (nSPS) is 11.5. The molecule has 1 atom stereocenters. The van der Waals surface area contributed by atoms with Gasteiger partial charge in [0.25, 0.3) is 5.91 Å². The zero-order valence-electron chi connectivity index (χ0n) is 15.0. The second-order valence-corrected chi connectivity index (χ2v) is 6.23. The predicted molar refractivity (Wildman–Crippen MR) is 102 cm³/mol. The molecule has 0 saturated carbocycles. The Morgan fingerprint density at radius 2 is 1.85 bits per heavy atom. The maximum atomic E-state index is 12.4. The number of hydrogen-bond donors (Lipinski definition) is 1. The van der Waals surface area contributed by atoms with Crippen LogP contribution in [-0.4, -0.2) is 24.6 Å². The van der Waals surface area contributed by atoms with Crippen LogP contribution in [0.15, 0.2) is 42.5 Å². The zero-order valence-corrected chi connectivity index (χ0v) is 15.8. The van der Waals surface area contributed by atoms with Crippen LogP contribution in [0.3, 0.4) is 0 Å². The van der Waals surface area contributed by atoms with Crippen LogP contribution in [0.5, 0.6) is 5.75 Å². The van der Waals surface area contributed by atoms with Crippen molar-refractivity contribution >= 4 is 29.2 Å². The number of halogens is 1. The van der Waals surface area contributed by atoms with Gasteiger partial charge in [0.1, 0.15) is 5.75 Å². The third-order valence-electron chi connectivity index (χ3n) is 3.73. The molecule has 26 heavy (non-hydrogen) atoms. The summed E-state index contributed by atoms with van der Waals surface area (Å²) in [6, 6.07) is 11.9.